The van der Waals surface area contributed by atoms with Gasteiger partial charge in [0.25, 0.3) is 0 Å². The van der Waals surface area contributed by atoms with Crippen LogP contribution in [0.2, 0.25) is 0 Å². The van der Waals surface area contributed by atoms with Gasteiger partial charge in [-0.1, -0.05) is 0 Å². The number of nitrogens with zero attached hydrogens (tertiary/aromatic N) is 1. The molecule has 0 bridgehead atoms. The van der Waals surface area contributed by atoms with E-state index in [4.69, 9.17) is 4.74 Å². The molecule has 0 aromatic rings. The SMILES string of the molecule is O=C(NCC(C1CC1)C1CC1)N1CCOCC1. The molecule has 3 fully saturated rings. The fourth-order valence-electron chi connectivity index (χ4n) is 2.85. The molecule has 2 saturated carbocycles. The Balaban J connectivity index is 1.44. The van der Waals surface area contributed by atoms with E-state index in [1.807, 2.05) is 4.90 Å². The van der Waals surface area contributed by atoms with Gasteiger partial charge < -0.3 is 15.0 Å². The highest BCUT2D eigenvalue weighted by Crippen LogP contribution is 2.48. The van der Waals surface area contributed by atoms with Gasteiger partial charge in [0.2, 0.25) is 0 Å². The van der Waals surface area contributed by atoms with Crippen LogP contribution >= 0.6 is 0 Å². The van der Waals surface area contributed by atoms with Crippen LogP contribution < -0.4 is 5.32 Å². The summed E-state index contributed by atoms with van der Waals surface area (Å²) in [6.45, 7) is 3.74. The minimum absolute atomic E-state index is 0.111. The Kier molecular flexibility index (Phi) is 3.23. The van der Waals surface area contributed by atoms with Crippen LogP contribution in [0.25, 0.3) is 0 Å². The highest BCUT2D eigenvalue weighted by molar-refractivity contribution is 5.74. The van der Waals surface area contributed by atoms with E-state index in [2.05, 4.69) is 5.32 Å². The number of carbonyl (C=O) groups excluding carboxylic acids is 1. The molecule has 1 aliphatic heterocycles. The topological polar surface area (TPSA) is 41.6 Å². The number of urea groups is 1. The number of amides is 2. The van der Waals surface area contributed by atoms with E-state index in [-0.39, 0.29) is 6.03 Å². The van der Waals surface area contributed by atoms with Crippen LogP contribution in [-0.2, 0) is 4.74 Å². The lowest BCUT2D eigenvalue weighted by atomic mass is 9.98. The molecule has 0 aromatic heterocycles. The van der Waals surface area contributed by atoms with Crippen molar-refractivity contribution in [3.63, 3.8) is 0 Å². The largest absolute Gasteiger partial charge is 0.378 e. The molecule has 17 heavy (non-hydrogen) atoms. The summed E-state index contributed by atoms with van der Waals surface area (Å²) in [6, 6.07) is 0.111. The summed E-state index contributed by atoms with van der Waals surface area (Å²) in [6.07, 6.45) is 5.53. The summed E-state index contributed by atoms with van der Waals surface area (Å²) in [4.78, 5) is 13.8. The molecule has 0 spiro atoms. The van der Waals surface area contributed by atoms with Crippen molar-refractivity contribution in [3.05, 3.63) is 0 Å². The van der Waals surface area contributed by atoms with Crippen LogP contribution in [0, 0.1) is 17.8 Å². The standard InChI is InChI=1S/C13H22N2O2/c16-13(15-5-7-17-8-6-15)14-9-12(10-1-2-10)11-3-4-11/h10-12H,1-9H2,(H,14,16). The molecule has 1 saturated heterocycles. The zero-order chi connectivity index (χ0) is 11.7. The third kappa shape index (κ3) is 2.92. The van der Waals surface area contributed by atoms with E-state index in [0.29, 0.717) is 13.2 Å². The van der Waals surface area contributed by atoms with Crippen LogP contribution in [0.5, 0.6) is 0 Å². The van der Waals surface area contributed by atoms with Crippen LogP contribution in [0.4, 0.5) is 4.79 Å². The molecule has 4 nitrogen and oxygen atoms in total. The Bertz CT molecular complexity index is 269. The molecule has 2 amide bonds. The third-order valence-electron chi connectivity index (χ3n) is 4.24. The molecule has 2 aliphatic carbocycles. The van der Waals surface area contributed by atoms with Gasteiger partial charge >= 0.3 is 6.03 Å². The van der Waals surface area contributed by atoms with E-state index in [1.165, 1.54) is 25.7 Å². The van der Waals surface area contributed by atoms with Gasteiger partial charge in [0.15, 0.2) is 0 Å². The van der Waals surface area contributed by atoms with E-state index < -0.39 is 0 Å². The Morgan fingerprint density at radius 1 is 1.18 bits per heavy atom. The predicted molar refractivity (Wildman–Crippen MR) is 64.7 cm³/mol. The monoisotopic (exact) mass is 238 g/mol. The molecule has 0 radical (unpaired) electrons. The summed E-state index contributed by atoms with van der Waals surface area (Å²) >= 11 is 0. The number of hydrogen-bond acceptors (Lipinski definition) is 2. The van der Waals surface area contributed by atoms with Gasteiger partial charge in [-0.25, -0.2) is 4.79 Å². The van der Waals surface area contributed by atoms with Crippen molar-refractivity contribution < 1.29 is 9.53 Å². The number of ether oxygens (including phenoxy) is 1. The summed E-state index contributed by atoms with van der Waals surface area (Å²) in [7, 11) is 0. The first-order chi connectivity index (χ1) is 8.34. The molecular formula is C13H22N2O2. The fourth-order valence-corrected chi connectivity index (χ4v) is 2.85. The summed E-state index contributed by atoms with van der Waals surface area (Å²) in [5.41, 5.74) is 0. The minimum Gasteiger partial charge on any atom is -0.378 e. The quantitative estimate of drug-likeness (QED) is 0.805. The smallest absolute Gasteiger partial charge is 0.317 e. The second-order valence-corrected chi connectivity index (χ2v) is 5.62. The van der Waals surface area contributed by atoms with E-state index in [9.17, 15) is 4.79 Å². The lowest BCUT2D eigenvalue weighted by molar-refractivity contribution is 0.0528. The maximum Gasteiger partial charge on any atom is 0.317 e. The lowest BCUT2D eigenvalue weighted by Gasteiger charge is -2.28. The van der Waals surface area contributed by atoms with Gasteiger partial charge in [-0.15, -0.1) is 0 Å². The second-order valence-electron chi connectivity index (χ2n) is 5.62. The predicted octanol–water partition coefficient (Wildman–Crippen LogP) is 1.46. The van der Waals surface area contributed by atoms with Gasteiger partial charge in [0.1, 0.15) is 0 Å². The van der Waals surface area contributed by atoms with Gasteiger partial charge in [-0.3, -0.25) is 0 Å². The Hall–Kier alpha value is -0.770. The lowest BCUT2D eigenvalue weighted by Crippen LogP contribution is -2.47. The average molecular weight is 238 g/mol. The number of nitrogens with one attached hydrogen (secondary N) is 1. The zero-order valence-corrected chi connectivity index (χ0v) is 10.4. The molecular weight excluding hydrogens is 216 g/mol. The molecule has 1 N–H and O–H groups in total. The molecule has 1 heterocycles. The molecule has 0 unspecified atom stereocenters. The van der Waals surface area contributed by atoms with Crippen molar-refractivity contribution in [1.82, 2.24) is 10.2 Å². The van der Waals surface area contributed by atoms with Crippen molar-refractivity contribution in [2.45, 2.75) is 25.7 Å². The summed E-state index contributed by atoms with van der Waals surface area (Å²) in [5, 5.41) is 3.13. The van der Waals surface area contributed by atoms with E-state index in [0.717, 1.165) is 37.4 Å². The summed E-state index contributed by atoms with van der Waals surface area (Å²) < 4.78 is 5.25. The van der Waals surface area contributed by atoms with Gasteiger partial charge in [0.05, 0.1) is 13.2 Å². The van der Waals surface area contributed by atoms with E-state index in [1.54, 1.807) is 0 Å². The first-order valence-electron chi connectivity index (χ1n) is 6.95. The number of carbonyl (C=O) groups is 1. The Morgan fingerprint density at radius 3 is 2.29 bits per heavy atom. The second kappa shape index (κ2) is 4.84. The van der Waals surface area contributed by atoms with Crippen LogP contribution in [0.3, 0.4) is 0 Å². The van der Waals surface area contributed by atoms with Crippen molar-refractivity contribution in [3.8, 4) is 0 Å². The molecule has 4 heteroatoms. The number of rotatable bonds is 4. The Morgan fingerprint density at radius 2 is 1.76 bits per heavy atom. The highest BCUT2D eigenvalue weighted by Gasteiger charge is 2.41. The van der Waals surface area contributed by atoms with Crippen molar-refractivity contribution >= 4 is 6.03 Å². The third-order valence-corrected chi connectivity index (χ3v) is 4.24. The fraction of sp³-hybridized carbons (Fsp3) is 0.923. The maximum atomic E-state index is 11.9. The zero-order valence-electron chi connectivity index (χ0n) is 10.4. The maximum absolute atomic E-state index is 11.9. The Labute approximate surface area is 103 Å². The first kappa shape index (κ1) is 11.3. The van der Waals surface area contributed by atoms with Gasteiger partial charge in [0, 0.05) is 19.6 Å². The number of hydrogen-bond donors (Lipinski definition) is 1. The highest BCUT2D eigenvalue weighted by atomic mass is 16.5. The van der Waals surface area contributed by atoms with Crippen molar-refractivity contribution in [2.24, 2.45) is 17.8 Å². The van der Waals surface area contributed by atoms with Crippen LogP contribution in [-0.4, -0.2) is 43.8 Å². The molecule has 96 valence electrons. The van der Waals surface area contributed by atoms with Gasteiger partial charge in [-0.05, 0) is 43.4 Å². The minimum atomic E-state index is 0.111. The van der Waals surface area contributed by atoms with Gasteiger partial charge in [-0.2, -0.15) is 0 Å². The van der Waals surface area contributed by atoms with Crippen LogP contribution in [0.1, 0.15) is 25.7 Å². The molecule has 0 aromatic carbocycles. The number of morpholine rings is 1. The molecule has 3 aliphatic rings. The van der Waals surface area contributed by atoms with Crippen LogP contribution in [0.15, 0.2) is 0 Å². The van der Waals surface area contributed by atoms with E-state index >= 15 is 0 Å². The first-order valence-corrected chi connectivity index (χ1v) is 6.95. The average Bonchev–Trinajstić information content (AvgIpc) is 3.24. The normalized spacial score (nSPS) is 25.1. The summed E-state index contributed by atoms with van der Waals surface area (Å²) in [5.74, 6) is 2.58. The molecule has 0 atom stereocenters. The van der Waals surface area contributed by atoms with Crippen molar-refractivity contribution in [1.29, 1.82) is 0 Å². The molecule has 3 rings (SSSR count). The van der Waals surface area contributed by atoms with Crippen molar-refractivity contribution in [2.75, 3.05) is 32.8 Å².